The summed E-state index contributed by atoms with van der Waals surface area (Å²) in [5.41, 5.74) is 6.48. The fourth-order valence-corrected chi connectivity index (χ4v) is 5.39. The van der Waals surface area contributed by atoms with Crippen molar-refractivity contribution in [2.45, 2.75) is 30.7 Å². The Morgan fingerprint density at radius 2 is 1.77 bits per heavy atom. The van der Waals surface area contributed by atoms with E-state index in [1.807, 2.05) is 37.3 Å². The van der Waals surface area contributed by atoms with E-state index in [1.165, 1.54) is 21.1 Å². The average molecular weight is 433 g/mol. The van der Waals surface area contributed by atoms with Crippen LogP contribution in [0.25, 0.3) is 0 Å². The van der Waals surface area contributed by atoms with Crippen LogP contribution < -0.4 is 5.73 Å². The number of aryl methyl sites for hydroxylation is 1. The highest BCUT2D eigenvalue weighted by molar-refractivity contribution is 7.89. The van der Waals surface area contributed by atoms with Crippen LogP contribution in [-0.4, -0.2) is 54.1 Å². The quantitative estimate of drug-likeness (QED) is 0.750. The van der Waals surface area contributed by atoms with E-state index in [0.717, 1.165) is 5.56 Å². The second-order valence-electron chi connectivity index (χ2n) is 7.75. The molecule has 0 radical (unpaired) electrons. The minimum absolute atomic E-state index is 0.0270. The Balaban J connectivity index is 1.66. The number of carbonyl (C=O) groups is 2. The zero-order valence-electron chi connectivity index (χ0n) is 17.5. The van der Waals surface area contributed by atoms with Crippen molar-refractivity contribution < 1.29 is 18.0 Å². The molecule has 1 aromatic heterocycles. The van der Waals surface area contributed by atoms with Gasteiger partial charge in [0.05, 0.1) is 6.04 Å². The summed E-state index contributed by atoms with van der Waals surface area (Å²) in [7, 11) is -0.379. The average Bonchev–Trinajstić information content (AvgIpc) is 3.15. The number of hydrogen-bond donors (Lipinski definition) is 1. The second-order valence-corrected chi connectivity index (χ2v) is 9.69. The summed E-state index contributed by atoms with van der Waals surface area (Å²) in [6.45, 7) is 2.50. The Morgan fingerprint density at radius 3 is 2.30 bits per heavy atom. The summed E-state index contributed by atoms with van der Waals surface area (Å²) >= 11 is 0. The molecule has 0 saturated carbocycles. The van der Waals surface area contributed by atoms with Crippen molar-refractivity contribution in [2.75, 3.05) is 20.1 Å². The lowest BCUT2D eigenvalue weighted by Crippen LogP contribution is -2.43. The first kappa shape index (κ1) is 22.0. The number of aromatic nitrogens is 1. The zero-order chi connectivity index (χ0) is 22.1. The number of sulfonamides is 1. The molecular formula is C21H28N4O4S. The number of piperidine rings is 1. The van der Waals surface area contributed by atoms with E-state index >= 15 is 0 Å². The minimum atomic E-state index is -3.75. The van der Waals surface area contributed by atoms with Gasteiger partial charge in [0.1, 0.15) is 10.6 Å². The Hall–Kier alpha value is -2.65. The van der Waals surface area contributed by atoms with Gasteiger partial charge in [-0.2, -0.15) is 4.31 Å². The Morgan fingerprint density at radius 1 is 1.17 bits per heavy atom. The second kappa shape index (κ2) is 8.61. The van der Waals surface area contributed by atoms with E-state index in [-0.39, 0.29) is 41.5 Å². The molecule has 2 amide bonds. The monoisotopic (exact) mass is 432 g/mol. The Kier molecular flexibility index (Phi) is 6.33. The third-order valence-electron chi connectivity index (χ3n) is 5.88. The number of primary amides is 1. The number of benzene rings is 1. The first-order valence-corrected chi connectivity index (χ1v) is 11.3. The van der Waals surface area contributed by atoms with Crippen LogP contribution in [0.2, 0.25) is 0 Å². The molecule has 2 N–H and O–H groups in total. The minimum Gasteiger partial charge on any atom is -0.364 e. The molecule has 0 unspecified atom stereocenters. The van der Waals surface area contributed by atoms with Gasteiger partial charge in [-0.1, -0.05) is 30.3 Å². The summed E-state index contributed by atoms with van der Waals surface area (Å²) in [6.07, 6.45) is 2.31. The van der Waals surface area contributed by atoms with E-state index in [4.69, 9.17) is 5.73 Å². The van der Waals surface area contributed by atoms with Crippen molar-refractivity contribution in [1.29, 1.82) is 0 Å². The zero-order valence-corrected chi connectivity index (χ0v) is 18.3. The van der Waals surface area contributed by atoms with Gasteiger partial charge in [-0.3, -0.25) is 9.59 Å². The molecule has 3 rings (SSSR count). The lowest BCUT2D eigenvalue weighted by Gasteiger charge is -2.34. The molecule has 2 aromatic rings. The smallest absolute Gasteiger partial charge is 0.265 e. The van der Waals surface area contributed by atoms with Crippen LogP contribution in [0.4, 0.5) is 0 Å². The van der Waals surface area contributed by atoms with Gasteiger partial charge in [0, 0.05) is 39.3 Å². The molecule has 0 bridgehead atoms. The lowest BCUT2D eigenvalue weighted by atomic mass is 9.95. The third kappa shape index (κ3) is 4.27. The van der Waals surface area contributed by atoms with Gasteiger partial charge in [-0.05, 0) is 31.4 Å². The highest BCUT2D eigenvalue weighted by atomic mass is 32.2. The number of rotatable bonds is 6. The fraction of sp³-hybridized carbons (Fsp3) is 0.429. The maximum Gasteiger partial charge on any atom is 0.265 e. The molecular weight excluding hydrogens is 404 g/mol. The molecule has 0 aliphatic carbocycles. The topological polar surface area (TPSA) is 106 Å². The maximum absolute atomic E-state index is 13.0. The van der Waals surface area contributed by atoms with Gasteiger partial charge in [-0.15, -0.1) is 0 Å². The first-order chi connectivity index (χ1) is 14.1. The predicted octanol–water partition coefficient (Wildman–Crippen LogP) is 1.74. The molecule has 1 aliphatic heterocycles. The number of nitrogens with zero attached hydrogens (tertiary/aromatic N) is 3. The molecule has 9 heteroatoms. The Labute approximate surface area is 177 Å². The molecule has 8 nitrogen and oxygen atoms in total. The number of carbonyl (C=O) groups excluding carboxylic acids is 2. The van der Waals surface area contributed by atoms with Crippen LogP contribution in [0.15, 0.2) is 47.5 Å². The highest BCUT2D eigenvalue weighted by Gasteiger charge is 2.35. The van der Waals surface area contributed by atoms with Crippen molar-refractivity contribution in [3.05, 3.63) is 53.9 Å². The predicted molar refractivity (Wildman–Crippen MR) is 113 cm³/mol. The molecule has 2 heterocycles. The number of amides is 2. The number of hydrogen-bond acceptors (Lipinski definition) is 4. The summed E-state index contributed by atoms with van der Waals surface area (Å²) in [5.74, 6) is -0.873. The van der Waals surface area contributed by atoms with Crippen LogP contribution in [0, 0.1) is 5.92 Å². The van der Waals surface area contributed by atoms with Crippen LogP contribution in [0.1, 0.15) is 41.9 Å². The van der Waals surface area contributed by atoms with Crippen molar-refractivity contribution in [1.82, 2.24) is 13.8 Å². The lowest BCUT2D eigenvalue weighted by molar-refractivity contribution is -0.137. The molecule has 162 valence electrons. The van der Waals surface area contributed by atoms with E-state index in [1.54, 1.807) is 19.0 Å². The van der Waals surface area contributed by atoms with Crippen molar-refractivity contribution in [3.8, 4) is 0 Å². The van der Waals surface area contributed by atoms with Gasteiger partial charge in [-0.25, -0.2) is 8.42 Å². The normalized spacial score (nSPS) is 16.9. The van der Waals surface area contributed by atoms with Gasteiger partial charge in [0.15, 0.2) is 0 Å². The van der Waals surface area contributed by atoms with Gasteiger partial charge < -0.3 is 15.2 Å². The molecule has 1 aromatic carbocycles. The van der Waals surface area contributed by atoms with Gasteiger partial charge in [0.25, 0.3) is 5.91 Å². The fourth-order valence-electron chi connectivity index (χ4n) is 3.85. The van der Waals surface area contributed by atoms with Gasteiger partial charge >= 0.3 is 0 Å². The van der Waals surface area contributed by atoms with Crippen LogP contribution in [0.5, 0.6) is 0 Å². The summed E-state index contributed by atoms with van der Waals surface area (Å²) in [6, 6.07) is 11.0. The highest BCUT2D eigenvalue weighted by Crippen LogP contribution is 2.28. The van der Waals surface area contributed by atoms with Crippen molar-refractivity contribution in [2.24, 2.45) is 18.7 Å². The Bertz CT molecular complexity index is 1020. The molecule has 1 fully saturated rings. The van der Waals surface area contributed by atoms with Crippen LogP contribution in [-0.2, 0) is 21.9 Å². The van der Waals surface area contributed by atoms with E-state index in [2.05, 4.69) is 0 Å². The van der Waals surface area contributed by atoms with Crippen LogP contribution >= 0.6 is 0 Å². The maximum atomic E-state index is 13.0. The van der Waals surface area contributed by atoms with Crippen molar-refractivity contribution >= 4 is 21.8 Å². The third-order valence-corrected chi connectivity index (χ3v) is 7.75. The van der Waals surface area contributed by atoms with E-state index in [0.29, 0.717) is 12.8 Å². The summed E-state index contributed by atoms with van der Waals surface area (Å²) in [4.78, 5) is 26.2. The number of nitrogens with two attached hydrogens (primary N) is 1. The van der Waals surface area contributed by atoms with E-state index in [9.17, 15) is 18.0 Å². The summed E-state index contributed by atoms with van der Waals surface area (Å²) in [5, 5.41) is 0. The first-order valence-electron chi connectivity index (χ1n) is 9.91. The molecule has 1 aliphatic rings. The van der Waals surface area contributed by atoms with Crippen LogP contribution in [0.3, 0.4) is 0 Å². The largest absolute Gasteiger partial charge is 0.364 e. The summed E-state index contributed by atoms with van der Waals surface area (Å²) < 4.78 is 28.7. The molecule has 1 atom stereocenters. The SMILES string of the molecule is C[C@@H](c1ccccc1)N(C)C(=O)C1CCN(S(=O)(=O)c2cc(C(N)=O)n(C)c2)CC1. The molecule has 30 heavy (non-hydrogen) atoms. The molecule has 1 saturated heterocycles. The van der Waals surface area contributed by atoms with E-state index < -0.39 is 15.9 Å². The van der Waals surface area contributed by atoms with Gasteiger partial charge in [0.2, 0.25) is 15.9 Å². The van der Waals surface area contributed by atoms with Crippen molar-refractivity contribution in [3.63, 3.8) is 0 Å². The standard InChI is InChI=1S/C21H28N4O4S/c1-15(16-7-5-4-6-8-16)24(3)21(27)17-9-11-25(12-10-17)30(28,29)18-13-19(20(22)26)23(2)14-18/h4-8,13-15,17H,9-12H2,1-3H3,(H2,22,26)/t15-/m0/s1. The molecule has 0 spiro atoms.